The molecule has 1 aliphatic carbocycles. The fourth-order valence-corrected chi connectivity index (χ4v) is 1.89. The molecule has 0 saturated carbocycles. The molecule has 0 amide bonds. The molecule has 5 heteroatoms. The molecule has 0 unspecified atom stereocenters. The van der Waals surface area contributed by atoms with Gasteiger partial charge in [0, 0.05) is 11.5 Å². The first-order valence-corrected chi connectivity index (χ1v) is 5.18. The zero-order valence-electron chi connectivity index (χ0n) is 9.04. The second-order valence-electron chi connectivity index (χ2n) is 3.93. The van der Waals surface area contributed by atoms with E-state index < -0.39 is 11.2 Å². The number of rotatable bonds is 0. The van der Waals surface area contributed by atoms with Crippen LogP contribution in [0.5, 0.6) is 17.2 Å². The van der Waals surface area contributed by atoms with Gasteiger partial charge in [-0.25, -0.2) is 0 Å². The van der Waals surface area contributed by atoms with Gasteiger partial charge in [0.15, 0.2) is 17.1 Å². The van der Waals surface area contributed by atoms with Crippen LogP contribution >= 0.6 is 0 Å². The molecule has 1 aromatic carbocycles. The highest BCUT2D eigenvalue weighted by molar-refractivity contribution is 5.89. The molecule has 0 bridgehead atoms. The number of fused-ring (bicyclic) bond motifs is 2. The number of hydrogen-bond acceptors (Lipinski definition) is 5. The molecule has 3 rings (SSSR count). The predicted octanol–water partition coefficient (Wildman–Crippen LogP) is 2.01. The lowest BCUT2D eigenvalue weighted by Crippen LogP contribution is -2.01. The van der Waals surface area contributed by atoms with Gasteiger partial charge in [-0.15, -0.1) is 0 Å². The van der Waals surface area contributed by atoms with Crippen LogP contribution in [-0.2, 0) is 0 Å². The van der Waals surface area contributed by atoms with Gasteiger partial charge >= 0.3 is 0 Å². The Bertz CT molecular complexity index is 787. The van der Waals surface area contributed by atoms with Crippen molar-refractivity contribution in [2.45, 2.75) is 0 Å². The van der Waals surface area contributed by atoms with Gasteiger partial charge in [-0.2, -0.15) is 0 Å². The van der Waals surface area contributed by atoms with Crippen molar-refractivity contribution >= 4 is 11.0 Å². The van der Waals surface area contributed by atoms with Crippen molar-refractivity contribution in [3.05, 3.63) is 40.6 Å². The largest absolute Gasteiger partial charge is 0.507 e. The van der Waals surface area contributed by atoms with E-state index in [0.717, 1.165) is 6.07 Å². The standard InChI is InChI=1S/C13H8O5/c14-8-3-1-2-6-4-7-9(15)5-10(16)11(17)13(7)18-12(6)8/h1-5,14-15,17H. The summed E-state index contributed by atoms with van der Waals surface area (Å²) in [5.74, 6) is -1.12. The van der Waals surface area contributed by atoms with E-state index in [1.54, 1.807) is 12.1 Å². The van der Waals surface area contributed by atoms with Gasteiger partial charge in [0.25, 0.3) is 0 Å². The highest BCUT2D eigenvalue weighted by Crippen LogP contribution is 2.40. The van der Waals surface area contributed by atoms with E-state index in [4.69, 9.17) is 4.42 Å². The summed E-state index contributed by atoms with van der Waals surface area (Å²) < 4.78 is 5.31. The molecule has 90 valence electrons. The molecule has 2 aliphatic rings. The third kappa shape index (κ3) is 1.31. The van der Waals surface area contributed by atoms with Gasteiger partial charge in [-0.1, -0.05) is 12.1 Å². The Balaban J connectivity index is 2.58. The number of hydrogen-bond donors (Lipinski definition) is 3. The quantitative estimate of drug-likeness (QED) is 0.415. The Labute approximate surface area is 100 Å². The van der Waals surface area contributed by atoms with E-state index in [1.165, 1.54) is 12.1 Å². The van der Waals surface area contributed by atoms with E-state index in [9.17, 15) is 20.1 Å². The number of phenols is 3. The monoisotopic (exact) mass is 244 g/mol. The molecular weight excluding hydrogens is 236 g/mol. The Hall–Kier alpha value is -2.69. The number of aromatic hydroxyl groups is 3. The van der Waals surface area contributed by atoms with Crippen molar-refractivity contribution in [1.29, 1.82) is 0 Å². The van der Waals surface area contributed by atoms with Crippen molar-refractivity contribution in [3.8, 4) is 28.6 Å². The SMILES string of the molecule is O=c1cc(O)c2cc3cccc(O)c3oc-2c1O. The summed E-state index contributed by atoms with van der Waals surface area (Å²) in [7, 11) is 0. The molecule has 0 spiro atoms. The summed E-state index contributed by atoms with van der Waals surface area (Å²) in [6.45, 7) is 0. The lowest BCUT2D eigenvalue weighted by molar-refractivity contribution is 0.430. The van der Waals surface area contributed by atoms with Crippen LogP contribution in [-0.4, -0.2) is 15.3 Å². The fourth-order valence-electron chi connectivity index (χ4n) is 1.89. The smallest absolute Gasteiger partial charge is 0.227 e. The molecule has 1 aromatic rings. The average molecular weight is 244 g/mol. The summed E-state index contributed by atoms with van der Waals surface area (Å²) >= 11 is 0. The summed E-state index contributed by atoms with van der Waals surface area (Å²) in [6, 6.07) is 7.18. The van der Waals surface area contributed by atoms with Crippen molar-refractivity contribution in [2.24, 2.45) is 0 Å². The van der Waals surface area contributed by atoms with Gasteiger partial charge in [-0.05, 0) is 12.1 Å². The Morgan fingerprint density at radius 3 is 2.56 bits per heavy atom. The molecule has 1 heterocycles. The molecule has 18 heavy (non-hydrogen) atoms. The third-order valence-electron chi connectivity index (χ3n) is 2.77. The van der Waals surface area contributed by atoms with Gasteiger partial charge in [-0.3, -0.25) is 4.79 Å². The molecule has 0 atom stereocenters. The van der Waals surface area contributed by atoms with E-state index >= 15 is 0 Å². The van der Waals surface area contributed by atoms with Crippen molar-refractivity contribution in [2.75, 3.05) is 0 Å². The minimum absolute atomic E-state index is 0.107. The van der Waals surface area contributed by atoms with Crippen LogP contribution in [0.2, 0.25) is 0 Å². The molecule has 0 saturated heterocycles. The van der Waals surface area contributed by atoms with Gasteiger partial charge < -0.3 is 19.7 Å². The van der Waals surface area contributed by atoms with Crippen molar-refractivity contribution < 1.29 is 19.7 Å². The maximum atomic E-state index is 11.3. The normalized spacial score (nSPS) is 11.1. The lowest BCUT2D eigenvalue weighted by atomic mass is 10.1. The van der Waals surface area contributed by atoms with Crippen LogP contribution in [0.25, 0.3) is 22.3 Å². The van der Waals surface area contributed by atoms with Crippen LogP contribution in [0, 0.1) is 0 Å². The van der Waals surface area contributed by atoms with Crippen LogP contribution in [0.3, 0.4) is 0 Å². The van der Waals surface area contributed by atoms with Crippen molar-refractivity contribution in [3.63, 3.8) is 0 Å². The number of phenolic OH excluding ortho intramolecular Hbond substituents is 3. The Kier molecular flexibility index (Phi) is 1.98. The zero-order valence-corrected chi connectivity index (χ0v) is 9.04. The Morgan fingerprint density at radius 2 is 1.78 bits per heavy atom. The Morgan fingerprint density at radius 1 is 1.00 bits per heavy atom. The predicted molar refractivity (Wildman–Crippen MR) is 64.1 cm³/mol. The van der Waals surface area contributed by atoms with E-state index in [-0.39, 0.29) is 28.4 Å². The van der Waals surface area contributed by atoms with E-state index in [0.29, 0.717) is 5.39 Å². The first kappa shape index (κ1) is 10.5. The van der Waals surface area contributed by atoms with Crippen LogP contribution in [0.15, 0.2) is 39.5 Å². The summed E-state index contributed by atoms with van der Waals surface area (Å²) in [5.41, 5.74) is -0.381. The number of benzene rings is 2. The summed E-state index contributed by atoms with van der Waals surface area (Å²) in [5, 5.41) is 29.5. The molecule has 3 N–H and O–H groups in total. The highest BCUT2D eigenvalue weighted by Gasteiger charge is 2.20. The second kappa shape index (κ2) is 3.40. The maximum Gasteiger partial charge on any atom is 0.227 e. The summed E-state index contributed by atoms with van der Waals surface area (Å²) in [6.07, 6.45) is 0. The molecule has 0 fully saturated rings. The van der Waals surface area contributed by atoms with Crippen LogP contribution < -0.4 is 5.43 Å². The average Bonchev–Trinajstić information content (AvgIpc) is 2.35. The minimum atomic E-state index is -0.737. The minimum Gasteiger partial charge on any atom is -0.507 e. The molecular formula is C13H8O5. The van der Waals surface area contributed by atoms with Gasteiger partial charge in [0.2, 0.25) is 11.2 Å². The van der Waals surface area contributed by atoms with E-state index in [2.05, 4.69) is 0 Å². The lowest BCUT2D eigenvalue weighted by Gasteiger charge is -2.10. The first-order valence-electron chi connectivity index (χ1n) is 5.18. The molecule has 5 nitrogen and oxygen atoms in total. The van der Waals surface area contributed by atoms with Gasteiger partial charge in [0.05, 0.1) is 5.56 Å². The second-order valence-corrected chi connectivity index (χ2v) is 3.93. The highest BCUT2D eigenvalue weighted by atomic mass is 16.4. The maximum absolute atomic E-state index is 11.3. The van der Waals surface area contributed by atoms with Crippen LogP contribution in [0.4, 0.5) is 0 Å². The van der Waals surface area contributed by atoms with Crippen LogP contribution in [0.1, 0.15) is 0 Å². The van der Waals surface area contributed by atoms with Crippen molar-refractivity contribution in [1.82, 2.24) is 0 Å². The zero-order chi connectivity index (χ0) is 12.9. The molecule has 0 radical (unpaired) electrons. The van der Waals surface area contributed by atoms with Gasteiger partial charge in [0.1, 0.15) is 5.75 Å². The topological polar surface area (TPSA) is 90.9 Å². The fraction of sp³-hybridized carbons (Fsp3) is 0. The third-order valence-corrected chi connectivity index (χ3v) is 2.77. The first-order chi connectivity index (χ1) is 8.58. The number of para-hydroxylation sites is 1. The summed E-state index contributed by atoms with van der Waals surface area (Å²) in [4.78, 5) is 11.3. The van der Waals surface area contributed by atoms with E-state index in [1.807, 2.05) is 0 Å². The molecule has 0 aromatic heterocycles. The molecule has 1 aliphatic heterocycles.